The predicted octanol–water partition coefficient (Wildman–Crippen LogP) is 6.37. The zero-order valence-corrected chi connectivity index (χ0v) is 14.5. The molecule has 0 bridgehead atoms. The summed E-state index contributed by atoms with van der Waals surface area (Å²) in [4.78, 5) is 0. The lowest BCUT2D eigenvalue weighted by atomic mass is 10.1. The van der Waals surface area contributed by atoms with Crippen LogP contribution < -0.4 is 5.32 Å². The number of rotatable bonds is 8. The van der Waals surface area contributed by atoms with Gasteiger partial charge in [-0.15, -0.1) is 0 Å². The molecule has 0 aliphatic heterocycles. The summed E-state index contributed by atoms with van der Waals surface area (Å²) in [5.74, 6) is 0. The van der Waals surface area contributed by atoms with E-state index in [2.05, 4.69) is 63.2 Å². The quantitative estimate of drug-likeness (QED) is 0.519. The highest BCUT2D eigenvalue weighted by Crippen LogP contribution is 2.31. The molecule has 0 spiro atoms. The van der Waals surface area contributed by atoms with Crippen LogP contribution in [0.3, 0.4) is 0 Å². The molecule has 0 amide bonds. The Kier molecular flexibility index (Phi) is 8.00. The number of halogens is 2. The summed E-state index contributed by atoms with van der Waals surface area (Å²) >= 11 is 7.17. The first-order chi connectivity index (χ1) is 8.65. The molecule has 0 fully saturated rings. The van der Waals surface area contributed by atoms with Crippen LogP contribution in [-0.2, 0) is 0 Å². The first-order valence-corrected chi connectivity index (χ1v) is 8.44. The number of nitrogens with one attached hydrogen (secondary N) is 1. The highest BCUT2D eigenvalue weighted by molar-refractivity contribution is 9.11. The van der Waals surface area contributed by atoms with Crippen LogP contribution in [0.4, 0.5) is 5.69 Å². The van der Waals surface area contributed by atoms with Crippen LogP contribution in [0, 0.1) is 0 Å². The number of benzene rings is 1. The van der Waals surface area contributed by atoms with Gasteiger partial charge in [0.25, 0.3) is 0 Å². The number of unbranched alkanes of at least 4 members (excludes halogenated alkanes) is 4. The molecule has 1 aromatic carbocycles. The van der Waals surface area contributed by atoms with E-state index < -0.39 is 0 Å². The Morgan fingerprint density at radius 2 is 1.67 bits per heavy atom. The van der Waals surface area contributed by atoms with Crippen molar-refractivity contribution in [2.75, 3.05) is 5.32 Å². The molecule has 0 saturated carbocycles. The molecule has 1 aromatic rings. The zero-order valence-electron chi connectivity index (χ0n) is 11.3. The second kappa shape index (κ2) is 8.98. The highest BCUT2D eigenvalue weighted by Gasteiger charge is 2.07. The van der Waals surface area contributed by atoms with Gasteiger partial charge in [0.1, 0.15) is 0 Å². The Balaban J connectivity index is 2.33. The Morgan fingerprint density at radius 3 is 2.28 bits per heavy atom. The van der Waals surface area contributed by atoms with Gasteiger partial charge < -0.3 is 5.32 Å². The summed E-state index contributed by atoms with van der Waals surface area (Å²) in [6, 6.07) is 6.69. The summed E-state index contributed by atoms with van der Waals surface area (Å²) < 4.78 is 2.24. The molecule has 0 aliphatic carbocycles. The highest BCUT2D eigenvalue weighted by atomic mass is 79.9. The summed E-state index contributed by atoms with van der Waals surface area (Å²) in [7, 11) is 0. The van der Waals surface area contributed by atoms with Crippen molar-refractivity contribution in [3.8, 4) is 0 Å². The normalized spacial score (nSPS) is 12.4. The first kappa shape index (κ1) is 16.0. The lowest BCUT2D eigenvalue weighted by molar-refractivity contribution is 0.578. The number of hydrogen-bond donors (Lipinski definition) is 1. The second-order valence-corrected chi connectivity index (χ2v) is 6.55. The van der Waals surface area contributed by atoms with Gasteiger partial charge >= 0.3 is 0 Å². The molecule has 1 unspecified atom stereocenters. The van der Waals surface area contributed by atoms with Gasteiger partial charge in [-0.25, -0.2) is 0 Å². The lowest BCUT2D eigenvalue weighted by Crippen LogP contribution is -2.15. The topological polar surface area (TPSA) is 12.0 Å². The van der Waals surface area contributed by atoms with E-state index in [0.29, 0.717) is 6.04 Å². The van der Waals surface area contributed by atoms with Crippen LogP contribution in [0.2, 0.25) is 0 Å². The molecule has 0 saturated heterocycles. The van der Waals surface area contributed by atoms with E-state index in [-0.39, 0.29) is 0 Å². The molecule has 0 aliphatic rings. The third-order valence-corrected chi connectivity index (χ3v) is 4.42. The smallest absolute Gasteiger partial charge is 0.0631 e. The zero-order chi connectivity index (χ0) is 13.4. The fourth-order valence-corrected chi connectivity index (χ4v) is 3.24. The molecule has 3 heteroatoms. The molecule has 1 nitrogen and oxygen atoms in total. The van der Waals surface area contributed by atoms with Crippen LogP contribution in [-0.4, -0.2) is 6.04 Å². The van der Waals surface area contributed by atoms with Gasteiger partial charge in [0.15, 0.2) is 0 Å². The summed E-state index contributed by atoms with van der Waals surface area (Å²) in [6.07, 6.45) is 7.97. The van der Waals surface area contributed by atoms with Crippen molar-refractivity contribution in [3.63, 3.8) is 0 Å². The second-order valence-electron chi connectivity index (χ2n) is 4.84. The average Bonchev–Trinajstić information content (AvgIpc) is 2.34. The van der Waals surface area contributed by atoms with Gasteiger partial charge in [-0.2, -0.15) is 0 Å². The van der Waals surface area contributed by atoms with Crippen LogP contribution >= 0.6 is 31.9 Å². The number of hydrogen-bond acceptors (Lipinski definition) is 1. The SMILES string of the molecule is CCCCCCCC(C)Nc1c(Br)cccc1Br. The van der Waals surface area contributed by atoms with Crippen LogP contribution in [0.5, 0.6) is 0 Å². The molecule has 0 heterocycles. The summed E-state index contributed by atoms with van der Waals surface area (Å²) in [5, 5.41) is 3.58. The first-order valence-electron chi connectivity index (χ1n) is 6.85. The van der Waals surface area contributed by atoms with Gasteiger partial charge in [-0.1, -0.05) is 45.1 Å². The van der Waals surface area contributed by atoms with Crippen molar-refractivity contribution in [1.29, 1.82) is 0 Å². The maximum Gasteiger partial charge on any atom is 0.0631 e. The van der Waals surface area contributed by atoms with Crippen molar-refractivity contribution in [3.05, 3.63) is 27.1 Å². The maximum absolute atomic E-state index is 3.59. The Hall–Kier alpha value is -0.0200. The van der Waals surface area contributed by atoms with Crippen LogP contribution in [0.25, 0.3) is 0 Å². The molecule has 0 aromatic heterocycles. The van der Waals surface area contributed by atoms with E-state index >= 15 is 0 Å². The van der Waals surface area contributed by atoms with Gasteiger partial charge in [0.05, 0.1) is 5.69 Å². The van der Waals surface area contributed by atoms with Gasteiger partial charge in [0, 0.05) is 15.0 Å². The van der Waals surface area contributed by atoms with Crippen molar-refractivity contribution < 1.29 is 0 Å². The van der Waals surface area contributed by atoms with E-state index in [1.807, 2.05) is 6.07 Å². The molecule has 1 atom stereocenters. The maximum atomic E-state index is 3.59. The molecule has 1 rings (SSSR count). The van der Waals surface area contributed by atoms with Crippen molar-refractivity contribution in [2.45, 2.75) is 58.4 Å². The average molecular weight is 377 g/mol. The molecule has 0 radical (unpaired) electrons. The number of anilines is 1. The Bertz CT molecular complexity index is 332. The fourth-order valence-electron chi connectivity index (χ4n) is 2.01. The van der Waals surface area contributed by atoms with E-state index in [0.717, 1.165) is 8.95 Å². The minimum Gasteiger partial charge on any atom is -0.381 e. The third-order valence-electron chi connectivity index (χ3n) is 3.09. The standard InChI is InChI=1S/C15H23Br2N/c1-3-4-5-6-7-9-12(2)18-15-13(16)10-8-11-14(15)17/h8,10-12,18H,3-7,9H2,1-2H3. The third kappa shape index (κ3) is 5.75. The van der Waals surface area contributed by atoms with Gasteiger partial charge in [-0.05, 0) is 57.3 Å². The molecule has 1 N–H and O–H groups in total. The van der Waals surface area contributed by atoms with E-state index in [9.17, 15) is 0 Å². The Labute approximate surface area is 128 Å². The van der Waals surface area contributed by atoms with Crippen molar-refractivity contribution in [2.24, 2.45) is 0 Å². The fraction of sp³-hybridized carbons (Fsp3) is 0.600. The van der Waals surface area contributed by atoms with Gasteiger partial charge in [-0.3, -0.25) is 0 Å². The largest absolute Gasteiger partial charge is 0.381 e. The van der Waals surface area contributed by atoms with E-state index in [1.165, 1.54) is 44.2 Å². The van der Waals surface area contributed by atoms with Crippen LogP contribution in [0.1, 0.15) is 52.4 Å². The summed E-state index contributed by atoms with van der Waals surface area (Å²) in [5.41, 5.74) is 1.17. The van der Waals surface area contributed by atoms with Crippen molar-refractivity contribution in [1.82, 2.24) is 0 Å². The van der Waals surface area contributed by atoms with Crippen molar-refractivity contribution >= 4 is 37.5 Å². The van der Waals surface area contributed by atoms with E-state index in [1.54, 1.807) is 0 Å². The Morgan fingerprint density at radius 1 is 1.06 bits per heavy atom. The van der Waals surface area contributed by atoms with Gasteiger partial charge in [0.2, 0.25) is 0 Å². The lowest BCUT2D eigenvalue weighted by Gasteiger charge is -2.17. The number of para-hydroxylation sites is 1. The van der Waals surface area contributed by atoms with Crippen LogP contribution in [0.15, 0.2) is 27.1 Å². The molecule has 102 valence electrons. The minimum absolute atomic E-state index is 0.515. The molecular formula is C15H23Br2N. The minimum atomic E-state index is 0.515. The van der Waals surface area contributed by atoms with E-state index in [4.69, 9.17) is 0 Å². The predicted molar refractivity (Wildman–Crippen MR) is 88.3 cm³/mol. The summed E-state index contributed by atoms with van der Waals surface area (Å²) in [6.45, 7) is 4.51. The molecular weight excluding hydrogens is 354 g/mol. The molecule has 18 heavy (non-hydrogen) atoms. The monoisotopic (exact) mass is 375 g/mol.